The lowest BCUT2D eigenvalue weighted by Crippen LogP contribution is -2.14. The average molecular weight is 463 g/mol. The van der Waals surface area contributed by atoms with E-state index in [1.807, 2.05) is 48.5 Å². The van der Waals surface area contributed by atoms with Crippen LogP contribution < -0.4 is 5.32 Å². The van der Waals surface area contributed by atoms with Crippen LogP contribution in [0.25, 0.3) is 0 Å². The monoisotopic (exact) mass is 462 g/mol. The molecule has 2 aromatic carbocycles. The third kappa shape index (κ3) is 5.93. The molecule has 3 aromatic rings. The zero-order chi connectivity index (χ0) is 23.2. The minimum atomic E-state index is -0.475. The van der Waals surface area contributed by atoms with Crippen LogP contribution in [-0.4, -0.2) is 22.6 Å². The maximum Gasteiger partial charge on any atom is 0.350 e. The lowest BCUT2D eigenvalue weighted by Gasteiger charge is -2.16. The van der Waals surface area contributed by atoms with Gasteiger partial charge in [-0.1, -0.05) is 53.8 Å². The van der Waals surface area contributed by atoms with Gasteiger partial charge in [0.05, 0.1) is 5.69 Å². The van der Waals surface area contributed by atoms with Gasteiger partial charge >= 0.3 is 5.97 Å². The summed E-state index contributed by atoms with van der Waals surface area (Å²) in [6.45, 7) is 1.87. The van der Waals surface area contributed by atoms with Crippen molar-refractivity contribution in [3.8, 4) is 0 Å². The minimum absolute atomic E-state index is 0.0426. The number of benzene rings is 2. The highest BCUT2D eigenvalue weighted by molar-refractivity contribution is 7.17. The number of rotatable bonds is 8. The SMILES string of the molecule is Cc1nc(NC(=O)CCC(=O)c2ccc3c(c2)CCCC3)sc1C(=O)OCc1ccccc1. The summed E-state index contributed by atoms with van der Waals surface area (Å²) in [5, 5.41) is 3.02. The molecule has 0 aliphatic heterocycles. The Kier molecular flexibility index (Phi) is 7.29. The van der Waals surface area contributed by atoms with Gasteiger partial charge in [0.25, 0.3) is 0 Å². The van der Waals surface area contributed by atoms with E-state index < -0.39 is 5.97 Å². The molecule has 0 saturated carbocycles. The third-order valence-electron chi connectivity index (χ3n) is 5.69. The van der Waals surface area contributed by atoms with Crippen LogP contribution in [0, 0.1) is 6.92 Å². The van der Waals surface area contributed by atoms with Crippen molar-refractivity contribution in [3.05, 3.63) is 81.4 Å². The first-order valence-corrected chi connectivity index (χ1v) is 11.9. The predicted molar refractivity (Wildman–Crippen MR) is 128 cm³/mol. The number of ketones is 1. The molecule has 0 fully saturated rings. The first-order chi connectivity index (χ1) is 16.0. The first-order valence-electron chi connectivity index (χ1n) is 11.1. The molecule has 4 rings (SSSR count). The van der Waals surface area contributed by atoms with Crippen molar-refractivity contribution >= 4 is 34.1 Å². The Morgan fingerprint density at radius 1 is 1.00 bits per heavy atom. The summed E-state index contributed by atoms with van der Waals surface area (Å²) in [6, 6.07) is 15.3. The summed E-state index contributed by atoms with van der Waals surface area (Å²) in [7, 11) is 0. The number of hydrogen-bond acceptors (Lipinski definition) is 6. The zero-order valence-corrected chi connectivity index (χ0v) is 19.4. The van der Waals surface area contributed by atoms with E-state index in [4.69, 9.17) is 4.74 Å². The number of thiazole rings is 1. The van der Waals surface area contributed by atoms with E-state index in [0.717, 1.165) is 36.2 Å². The van der Waals surface area contributed by atoms with E-state index >= 15 is 0 Å². The molecule has 0 atom stereocenters. The highest BCUT2D eigenvalue weighted by Crippen LogP contribution is 2.25. The number of Topliss-reactive ketones (excluding diaryl/α,β-unsaturated/α-hetero) is 1. The third-order valence-corrected chi connectivity index (χ3v) is 6.74. The topological polar surface area (TPSA) is 85.4 Å². The molecule has 1 aromatic heterocycles. The Bertz CT molecular complexity index is 1170. The smallest absolute Gasteiger partial charge is 0.350 e. The van der Waals surface area contributed by atoms with Gasteiger partial charge in [-0.3, -0.25) is 9.59 Å². The van der Waals surface area contributed by atoms with Gasteiger partial charge in [-0.15, -0.1) is 0 Å². The van der Waals surface area contributed by atoms with Gasteiger partial charge < -0.3 is 10.1 Å². The number of amides is 1. The molecular formula is C26H26N2O4S. The standard InChI is InChI=1S/C26H26N2O4S/c1-17-24(25(31)32-16-18-7-3-2-4-8-18)33-26(27-17)28-23(30)14-13-22(29)21-12-11-19-9-5-6-10-20(19)15-21/h2-4,7-8,11-12,15H,5-6,9-10,13-14,16H2,1H3,(H,27,28,30). The summed E-state index contributed by atoms with van der Waals surface area (Å²) in [4.78, 5) is 42.0. The second kappa shape index (κ2) is 10.5. The number of nitrogens with one attached hydrogen (secondary N) is 1. The lowest BCUT2D eigenvalue weighted by atomic mass is 9.89. The van der Waals surface area contributed by atoms with Crippen LogP contribution in [0.3, 0.4) is 0 Å². The maximum atomic E-state index is 12.6. The molecule has 0 saturated heterocycles. The number of ether oxygens (including phenoxy) is 1. The quantitative estimate of drug-likeness (QED) is 0.363. The fourth-order valence-electron chi connectivity index (χ4n) is 3.89. The molecule has 1 N–H and O–H groups in total. The van der Waals surface area contributed by atoms with E-state index in [1.54, 1.807) is 6.92 Å². The number of hydrogen-bond donors (Lipinski definition) is 1. The Morgan fingerprint density at radius 3 is 2.55 bits per heavy atom. The van der Waals surface area contributed by atoms with Gasteiger partial charge in [0, 0.05) is 18.4 Å². The van der Waals surface area contributed by atoms with Gasteiger partial charge in [-0.2, -0.15) is 0 Å². The number of aromatic nitrogens is 1. The van der Waals surface area contributed by atoms with Crippen LogP contribution in [0.4, 0.5) is 5.13 Å². The van der Waals surface area contributed by atoms with Crippen molar-refractivity contribution in [2.24, 2.45) is 0 Å². The molecule has 0 radical (unpaired) electrons. The van der Waals surface area contributed by atoms with Gasteiger partial charge in [0.15, 0.2) is 10.9 Å². The summed E-state index contributed by atoms with van der Waals surface area (Å²) < 4.78 is 5.35. The molecule has 0 bridgehead atoms. The number of carbonyl (C=O) groups is 3. The fraction of sp³-hybridized carbons (Fsp3) is 0.308. The van der Waals surface area contributed by atoms with Crippen molar-refractivity contribution in [3.63, 3.8) is 0 Å². The minimum Gasteiger partial charge on any atom is -0.457 e. The molecule has 33 heavy (non-hydrogen) atoms. The van der Waals surface area contributed by atoms with Gasteiger partial charge in [-0.05, 0) is 55.4 Å². The largest absolute Gasteiger partial charge is 0.457 e. The highest BCUT2D eigenvalue weighted by Gasteiger charge is 2.19. The van der Waals surface area contributed by atoms with Crippen LogP contribution >= 0.6 is 11.3 Å². The first kappa shape index (κ1) is 22.9. The molecule has 1 aliphatic carbocycles. The Labute approximate surface area is 197 Å². The van der Waals surface area contributed by atoms with Crippen molar-refractivity contribution in [1.29, 1.82) is 0 Å². The van der Waals surface area contributed by atoms with E-state index in [0.29, 0.717) is 21.3 Å². The van der Waals surface area contributed by atoms with Gasteiger partial charge in [0.1, 0.15) is 11.5 Å². The maximum absolute atomic E-state index is 12.6. The lowest BCUT2D eigenvalue weighted by molar-refractivity contribution is -0.116. The number of anilines is 1. The van der Waals surface area contributed by atoms with Crippen molar-refractivity contribution in [2.75, 3.05) is 5.32 Å². The number of fused-ring (bicyclic) bond motifs is 1. The summed E-state index contributed by atoms with van der Waals surface area (Å²) >= 11 is 1.07. The molecule has 1 aliphatic rings. The van der Waals surface area contributed by atoms with E-state index in [1.165, 1.54) is 17.5 Å². The van der Waals surface area contributed by atoms with E-state index in [-0.39, 0.29) is 31.1 Å². The summed E-state index contributed by atoms with van der Waals surface area (Å²) in [5.74, 6) is -0.824. The Balaban J connectivity index is 1.29. The summed E-state index contributed by atoms with van der Waals surface area (Å²) in [6.07, 6.45) is 4.62. The second-order valence-corrected chi connectivity index (χ2v) is 9.16. The van der Waals surface area contributed by atoms with Gasteiger partial charge in [0.2, 0.25) is 5.91 Å². The number of nitrogens with zero attached hydrogens (tertiary/aromatic N) is 1. The van der Waals surface area contributed by atoms with Crippen LogP contribution in [0.2, 0.25) is 0 Å². The van der Waals surface area contributed by atoms with E-state index in [2.05, 4.69) is 10.3 Å². The number of carbonyl (C=O) groups excluding carboxylic acids is 3. The number of esters is 1. The van der Waals surface area contributed by atoms with Crippen LogP contribution in [0.15, 0.2) is 48.5 Å². The zero-order valence-electron chi connectivity index (χ0n) is 18.6. The fourth-order valence-corrected chi connectivity index (χ4v) is 4.76. The van der Waals surface area contributed by atoms with Crippen molar-refractivity contribution in [1.82, 2.24) is 4.98 Å². The molecule has 0 spiro atoms. The predicted octanol–water partition coefficient (Wildman–Crippen LogP) is 5.29. The van der Waals surface area contributed by atoms with Crippen LogP contribution in [0.5, 0.6) is 0 Å². The Hall–Kier alpha value is -3.32. The average Bonchev–Trinajstić information content (AvgIpc) is 3.21. The van der Waals surface area contributed by atoms with Crippen LogP contribution in [0.1, 0.15) is 68.1 Å². The number of aryl methyl sites for hydroxylation is 3. The Morgan fingerprint density at radius 2 is 1.76 bits per heavy atom. The molecule has 7 heteroatoms. The molecule has 6 nitrogen and oxygen atoms in total. The molecule has 0 unspecified atom stereocenters. The molecule has 1 heterocycles. The van der Waals surface area contributed by atoms with Crippen molar-refractivity contribution < 1.29 is 19.1 Å². The highest BCUT2D eigenvalue weighted by atomic mass is 32.1. The summed E-state index contributed by atoms with van der Waals surface area (Å²) in [5.41, 5.74) is 4.63. The van der Waals surface area contributed by atoms with Gasteiger partial charge in [-0.25, -0.2) is 9.78 Å². The molecule has 1 amide bonds. The van der Waals surface area contributed by atoms with E-state index in [9.17, 15) is 14.4 Å². The molecular weight excluding hydrogens is 436 g/mol. The normalized spacial score (nSPS) is 12.6. The van der Waals surface area contributed by atoms with Crippen LogP contribution in [-0.2, 0) is 29.0 Å². The second-order valence-electron chi connectivity index (χ2n) is 8.16. The molecule has 170 valence electrons. The van der Waals surface area contributed by atoms with Crippen molar-refractivity contribution in [2.45, 2.75) is 52.1 Å².